The van der Waals surface area contributed by atoms with Gasteiger partial charge in [-0.05, 0) is 0 Å². The summed E-state index contributed by atoms with van der Waals surface area (Å²) in [5.74, 6) is 2.91. The first kappa shape index (κ1) is 10.0. The van der Waals surface area contributed by atoms with E-state index in [0.717, 1.165) is 32.8 Å². The fraction of sp³-hybridized carbons (Fsp3) is 0. The van der Waals surface area contributed by atoms with E-state index >= 15 is 0 Å². The average molecular weight is 278 g/mol. The lowest BCUT2D eigenvalue weighted by molar-refractivity contribution is 0.362. The van der Waals surface area contributed by atoms with Gasteiger partial charge in [0.25, 0.3) is 0 Å². The van der Waals surface area contributed by atoms with E-state index in [0.29, 0.717) is 0 Å². The Hall–Kier alpha value is -1.92. The Bertz CT molecular complexity index is 607. The Morgan fingerprint density at radius 2 is 1.06 bits per heavy atom. The van der Waals surface area contributed by atoms with E-state index in [1.54, 1.807) is 22.7 Å². The maximum atomic E-state index is 5.51. The lowest BCUT2D eigenvalue weighted by Gasteiger charge is -2.11. The molecule has 0 bridgehead atoms. The van der Waals surface area contributed by atoms with Gasteiger partial charge in [0.05, 0.1) is 9.75 Å². The van der Waals surface area contributed by atoms with Gasteiger partial charge in [0.2, 0.25) is 0 Å². The smallest absolute Gasteiger partial charge is 0.188 e. The van der Waals surface area contributed by atoms with Crippen LogP contribution < -0.4 is 18.9 Å². The van der Waals surface area contributed by atoms with E-state index in [9.17, 15) is 0 Å². The zero-order valence-electron chi connectivity index (χ0n) is 8.91. The summed E-state index contributed by atoms with van der Waals surface area (Å²) in [5.41, 5.74) is 0. The van der Waals surface area contributed by atoms with Crippen LogP contribution in [-0.4, -0.2) is 0 Å². The summed E-state index contributed by atoms with van der Waals surface area (Å²) in [6.07, 6.45) is 6.09. The molecular weight excluding hydrogens is 272 g/mol. The summed E-state index contributed by atoms with van der Waals surface area (Å²) < 4.78 is 21.8. The SMILES string of the molecule is C1=COc2c(csc2-c2scc3c2OC=CO3)O1. The van der Waals surface area contributed by atoms with Crippen LogP contribution in [0.1, 0.15) is 0 Å². The molecule has 2 aliphatic rings. The van der Waals surface area contributed by atoms with E-state index in [-0.39, 0.29) is 0 Å². The van der Waals surface area contributed by atoms with Gasteiger partial charge in [-0.1, -0.05) is 0 Å². The van der Waals surface area contributed by atoms with Gasteiger partial charge in [0.1, 0.15) is 25.0 Å². The van der Waals surface area contributed by atoms with Crippen LogP contribution in [0.15, 0.2) is 35.8 Å². The Kier molecular flexibility index (Phi) is 2.12. The second kappa shape index (κ2) is 3.79. The van der Waals surface area contributed by atoms with Crippen LogP contribution in [0, 0.1) is 0 Å². The number of fused-ring (bicyclic) bond motifs is 2. The number of hydrogen-bond acceptors (Lipinski definition) is 6. The molecule has 4 heterocycles. The minimum Gasteiger partial charge on any atom is -0.457 e. The van der Waals surface area contributed by atoms with Crippen molar-refractivity contribution in [1.29, 1.82) is 0 Å². The summed E-state index contributed by atoms with van der Waals surface area (Å²) in [5, 5.41) is 3.83. The molecule has 90 valence electrons. The maximum absolute atomic E-state index is 5.51. The Morgan fingerprint density at radius 1 is 0.611 bits per heavy atom. The molecule has 0 radical (unpaired) electrons. The summed E-state index contributed by atoms with van der Waals surface area (Å²) in [6.45, 7) is 0. The van der Waals surface area contributed by atoms with Crippen LogP contribution in [0.5, 0.6) is 23.0 Å². The van der Waals surface area contributed by atoms with Crippen molar-refractivity contribution in [2.75, 3.05) is 0 Å². The van der Waals surface area contributed by atoms with Crippen molar-refractivity contribution in [1.82, 2.24) is 0 Å². The zero-order valence-corrected chi connectivity index (χ0v) is 10.5. The molecule has 0 atom stereocenters. The largest absolute Gasteiger partial charge is 0.457 e. The van der Waals surface area contributed by atoms with Crippen LogP contribution in [0.3, 0.4) is 0 Å². The third-order valence-electron chi connectivity index (χ3n) is 2.51. The minimum absolute atomic E-state index is 0.727. The summed E-state index contributed by atoms with van der Waals surface area (Å²) in [6, 6.07) is 0. The number of rotatable bonds is 1. The molecule has 0 unspecified atom stereocenters. The molecule has 2 aliphatic heterocycles. The van der Waals surface area contributed by atoms with Crippen LogP contribution in [0.4, 0.5) is 0 Å². The first-order valence-electron chi connectivity index (χ1n) is 5.13. The Morgan fingerprint density at radius 3 is 1.56 bits per heavy atom. The molecule has 6 heteroatoms. The fourth-order valence-electron chi connectivity index (χ4n) is 1.76. The molecule has 0 amide bonds. The normalized spacial score (nSPS) is 14.9. The summed E-state index contributed by atoms with van der Waals surface area (Å²) in [7, 11) is 0. The van der Waals surface area contributed by atoms with Crippen molar-refractivity contribution < 1.29 is 18.9 Å². The molecule has 2 aromatic rings. The van der Waals surface area contributed by atoms with Gasteiger partial charge in [0, 0.05) is 10.8 Å². The topological polar surface area (TPSA) is 36.9 Å². The highest BCUT2D eigenvalue weighted by atomic mass is 32.1. The summed E-state index contributed by atoms with van der Waals surface area (Å²) >= 11 is 3.11. The minimum atomic E-state index is 0.727. The molecule has 0 aliphatic carbocycles. The van der Waals surface area contributed by atoms with Crippen molar-refractivity contribution in [3.05, 3.63) is 35.8 Å². The molecule has 0 saturated carbocycles. The molecule has 0 fully saturated rings. The molecule has 0 saturated heterocycles. The maximum Gasteiger partial charge on any atom is 0.188 e. The van der Waals surface area contributed by atoms with Crippen LogP contribution in [0.25, 0.3) is 9.75 Å². The fourth-order valence-corrected chi connectivity index (χ4v) is 3.73. The standard InChI is InChI=1S/C12H6O4S2/c1-3-15-9-7(13-1)5-17-11(9)12-10-8(6-18-12)14-2-4-16-10/h1-6H. The number of ether oxygens (including phenoxy) is 4. The number of hydrogen-bond donors (Lipinski definition) is 0. The zero-order chi connectivity index (χ0) is 11.9. The second-order valence-electron chi connectivity index (χ2n) is 3.53. The number of thiophene rings is 2. The van der Waals surface area contributed by atoms with Crippen molar-refractivity contribution in [2.24, 2.45) is 0 Å². The van der Waals surface area contributed by atoms with Crippen molar-refractivity contribution in [2.45, 2.75) is 0 Å². The lowest BCUT2D eigenvalue weighted by atomic mass is 10.3. The Labute approximate surface area is 110 Å². The van der Waals surface area contributed by atoms with Gasteiger partial charge in [0.15, 0.2) is 23.0 Å². The van der Waals surface area contributed by atoms with Crippen molar-refractivity contribution in [3.63, 3.8) is 0 Å². The lowest BCUT2D eigenvalue weighted by Crippen LogP contribution is -1.95. The molecular formula is C12H6O4S2. The van der Waals surface area contributed by atoms with Crippen LogP contribution >= 0.6 is 22.7 Å². The Balaban J connectivity index is 1.85. The highest BCUT2D eigenvalue weighted by Crippen LogP contribution is 2.53. The highest BCUT2D eigenvalue weighted by molar-refractivity contribution is 7.21. The van der Waals surface area contributed by atoms with Crippen LogP contribution in [0.2, 0.25) is 0 Å². The first-order chi connectivity index (χ1) is 8.93. The summed E-state index contributed by atoms with van der Waals surface area (Å²) in [4.78, 5) is 1.97. The molecule has 0 aromatic carbocycles. The predicted molar refractivity (Wildman–Crippen MR) is 68.4 cm³/mol. The third-order valence-corrected chi connectivity index (χ3v) is 4.55. The van der Waals surface area contributed by atoms with Gasteiger partial charge >= 0.3 is 0 Å². The van der Waals surface area contributed by atoms with E-state index in [4.69, 9.17) is 18.9 Å². The second-order valence-corrected chi connectivity index (χ2v) is 5.29. The first-order valence-corrected chi connectivity index (χ1v) is 6.89. The van der Waals surface area contributed by atoms with Gasteiger partial charge in [-0.25, -0.2) is 0 Å². The molecule has 0 spiro atoms. The van der Waals surface area contributed by atoms with Gasteiger partial charge in [-0.2, -0.15) is 0 Å². The monoisotopic (exact) mass is 278 g/mol. The average Bonchev–Trinajstić information content (AvgIpc) is 3.01. The molecule has 2 aromatic heterocycles. The molecule has 4 rings (SSSR count). The van der Waals surface area contributed by atoms with E-state index in [2.05, 4.69) is 0 Å². The molecule has 0 N–H and O–H groups in total. The van der Waals surface area contributed by atoms with Gasteiger partial charge in [-0.3, -0.25) is 0 Å². The van der Waals surface area contributed by atoms with E-state index in [1.165, 1.54) is 25.0 Å². The molecule has 4 nitrogen and oxygen atoms in total. The highest BCUT2D eigenvalue weighted by Gasteiger charge is 2.25. The van der Waals surface area contributed by atoms with Gasteiger partial charge < -0.3 is 18.9 Å². The quantitative estimate of drug-likeness (QED) is 0.791. The van der Waals surface area contributed by atoms with E-state index < -0.39 is 0 Å². The van der Waals surface area contributed by atoms with Gasteiger partial charge in [-0.15, -0.1) is 22.7 Å². The van der Waals surface area contributed by atoms with Crippen molar-refractivity contribution >= 4 is 22.7 Å². The molecule has 18 heavy (non-hydrogen) atoms. The van der Waals surface area contributed by atoms with E-state index in [1.807, 2.05) is 10.8 Å². The van der Waals surface area contributed by atoms with Crippen molar-refractivity contribution in [3.8, 4) is 32.8 Å². The third kappa shape index (κ3) is 1.36. The van der Waals surface area contributed by atoms with Crippen LogP contribution in [-0.2, 0) is 0 Å². The predicted octanol–water partition coefficient (Wildman–Crippen LogP) is 3.96.